The highest BCUT2D eigenvalue weighted by Gasteiger charge is 2.25. The van der Waals surface area contributed by atoms with Gasteiger partial charge in [0.1, 0.15) is 6.61 Å². The molecule has 1 N–H and O–H groups in total. The maximum Gasteiger partial charge on any atom is 0.472 e. The first-order valence-corrected chi connectivity index (χ1v) is 22.3. The average Bonchev–Trinajstić information content (AvgIpc) is 3.18. The van der Waals surface area contributed by atoms with Gasteiger partial charge in [-0.2, -0.15) is 0 Å². The van der Waals surface area contributed by atoms with Gasteiger partial charge in [-0.1, -0.05) is 148 Å². The third kappa shape index (κ3) is 40.1. The van der Waals surface area contributed by atoms with Gasteiger partial charge in [0.2, 0.25) is 0 Å². The van der Waals surface area contributed by atoms with Crippen LogP contribution in [0.25, 0.3) is 0 Å². The lowest BCUT2D eigenvalue weighted by Crippen LogP contribution is -2.29. The van der Waals surface area contributed by atoms with E-state index in [0.717, 1.165) is 89.9 Å². The monoisotopic (exact) mass is 797 g/mol. The van der Waals surface area contributed by atoms with E-state index in [4.69, 9.17) is 18.5 Å². The van der Waals surface area contributed by atoms with Crippen LogP contribution in [0.5, 0.6) is 0 Å². The molecule has 0 fully saturated rings. The van der Waals surface area contributed by atoms with Crippen LogP contribution in [0, 0.1) is 0 Å². The normalized spacial score (nSPS) is 14.6. The maximum atomic E-state index is 12.5. The first-order chi connectivity index (χ1) is 27.3. The van der Waals surface area contributed by atoms with Gasteiger partial charge >= 0.3 is 19.8 Å². The Morgan fingerprint density at radius 1 is 0.482 bits per heavy atom. The van der Waals surface area contributed by atoms with E-state index < -0.39 is 32.5 Å². The van der Waals surface area contributed by atoms with Crippen LogP contribution in [-0.2, 0) is 32.7 Å². The second-order valence-electron chi connectivity index (χ2n) is 12.9. The molecule has 2 unspecified atom stereocenters. The Hall–Kier alpha value is -3.55. The fourth-order valence-electron chi connectivity index (χ4n) is 4.82. The summed E-state index contributed by atoms with van der Waals surface area (Å²) in [5.74, 6) is -0.938. The van der Waals surface area contributed by atoms with E-state index >= 15 is 0 Å². The number of hydrogen-bond donors (Lipinski definition) is 1. The van der Waals surface area contributed by atoms with Crippen molar-refractivity contribution in [1.29, 1.82) is 0 Å². The number of ether oxygens (including phenoxy) is 2. The topological polar surface area (TPSA) is 108 Å². The van der Waals surface area contributed by atoms with Crippen molar-refractivity contribution in [3.8, 4) is 0 Å². The van der Waals surface area contributed by atoms with Crippen LogP contribution in [-0.4, -0.2) is 42.8 Å². The first kappa shape index (κ1) is 52.5. The van der Waals surface area contributed by atoms with E-state index in [1.165, 1.54) is 0 Å². The molecule has 0 saturated heterocycles. The van der Waals surface area contributed by atoms with E-state index in [1.807, 2.05) is 12.2 Å². The van der Waals surface area contributed by atoms with Crippen molar-refractivity contribution in [2.24, 2.45) is 0 Å². The van der Waals surface area contributed by atoms with Crippen molar-refractivity contribution in [3.05, 3.63) is 122 Å². The molecule has 0 aliphatic carbocycles. The highest BCUT2D eigenvalue weighted by atomic mass is 31.2. The van der Waals surface area contributed by atoms with E-state index in [9.17, 15) is 19.0 Å². The molecule has 0 heterocycles. The summed E-state index contributed by atoms with van der Waals surface area (Å²) in [5, 5.41) is 0. The number of allylic oxidation sites excluding steroid dienone is 20. The minimum atomic E-state index is -4.32. The van der Waals surface area contributed by atoms with Crippen molar-refractivity contribution in [1.82, 2.24) is 0 Å². The first-order valence-electron chi connectivity index (χ1n) is 20.8. The summed E-state index contributed by atoms with van der Waals surface area (Å²) in [4.78, 5) is 34.7. The number of hydrogen-bond acceptors (Lipinski definition) is 7. The number of esters is 2. The highest BCUT2D eigenvalue weighted by Crippen LogP contribution is 2.43. The third-order valence-electron chi connectivity index (χ3n) is 7.78. The molecule has 9 heteroatoms. The lowest BCUT2D eigenvalue weighted by Gasteiger charge is -2.19. The van der Waals surface area contributed by atoms with Crippen molar-refractivity contribution in [3.63, 3.8) is 0 Å². The van der Waals surface area contributed by atoms with E-state index in [-0.39, 0.29) is 26.1 Å². The van der Waals surface area contributed by atoms with Crippen LogP contribution < -0.4 is 0 Å². The molecule has 0 saturated carbocycles. The molecule has 8 nitrogen and oxygen atoms in total. The summed E-state index contributed by atoms with van der Waals surface area (Å²) in [5.41, 5.74) is 0. The number of carbonyl (C=O) groups is 2. The van der Waals surface area contributed by atoms with Crippen LogP contribution in [0.4, 0.5) is 0 Å². The van der Waals surface area contributed by atoms with Crippen LogP contribution >= 0.6 is 7.82 Å². The zero-order valence-electron chi connectivity index (χ0n) is 34.7. The Labute approximate surface area is 340 Å². The van der Waals surface area contributed by atoms with Gasteiger partial charge in [0.15, 0.2) is 6.10 Å². The van der Waals surface area contributed by atoms with Gasteiger partial charge in [-0.05, 0) is 96.8 Å². The molecule has 0 radical (unpaired) electrons. The van der Waals surface area contributed by atoms with E-state index in [1.54, 1.807) is 6.92 Å². The fraction of sp³-hybridized carbons (Fsp3) is 0.532. The fourth-order valence-corrected chi connectivity index (χ4v) is 5.58. The zero-order chi connectivity index (χ0) is 41.1. The molecular formula is C47H73O8P. The number of phosphoric ester groups is 1. The molecule has 0 aromatic carbocycles. The minimum Gasteiger partial charge on any atom is -0.462 e. The van der Waals surface area contributed by atoms with Crippen molar-refractivity contribution < 1.29 is 37.6 Å². The van der Waals surface area contributed by atoms with Crippen LogP contribution in [0.15, 0.2) is 122 Å². The highest BCUT2D eigenvalue weighted by molar-refractivity contribution is 7.47. The smallest absolute Gasteiger partial charge is 0.462 e. The van der Waals surface area contributed by atoms with Gasteiger partial charge in [-0.3, -0.25) is 18.6 Å². The predicted molar refractivity (Wildman–Crippen MR) is 234 cm³/mol. The average molecular weight is 797 g/mol. The Kier molecular flexibility index (Phi) is 38.5. The number of unbranched alkanes of at least 4 members (excludes halogenated alkanes) is 4. The number of carbonyl (C=O) groups excluding carboxylic acids is 2. The second kappa shape index (κ2) is 41.1. The molecule has 0 amide bonds. The lowest BCUT2D eigenvalue weighted by atomic mass is 10.1. The summed E-state index contributed by atoms with van der Waals surface area (Å²) >= 11 is 0. The van der Waals surface area contributed by atoms with Gasteiger partial charge in [-0.15, -0.1) is 0 Å². The Bertz CT molecular complexity index is 1310. The minimum absolute atomic E-state index is 0.0252. The largest absolute Gasteiger partial charge is 0.472 e. The van der Waals surface area contributed by atoms with E-state index in [0.29, 0.717) is 12.8 Å². The van der Waals surface area contributed by atoms with Crippen molar-refractivity contribution in [2.75, 3.05) is 19.8 Å². The Morgan fingerprint density at radius 2 is 0.893 bits per heavy atom. The summed E-state index contributed by atoms with van der Waals surface area (Å²) in [6.45, 7) is 5.09. The summed E-state index contributed by atoms with van der Waals surface area (Å²) < 4.78 is 32.5. The van der Waals surface area contributed by atoms with Crippen molar-refractivity contribution >= 4 is 19.8 Å². The summed E-state index contributed by atoms with van der Waals surface area (Å²) in [6.07, 6.45) is 56.9. The van der Waals surface area contributed by atoms with Crippen molar-refractivity contribution in [2.45, 2.75) is 142 Å². The molecule has 0 bridgehead atoms. The Morgan fingerprint density at radius 3 is 1.34 bits per heavy atom. The molecular weight excluding hydrogens is 723 g/mol. The molecule has 0 aromatic rings. The molecule has 0 aliphatic heterocycles. The van der Waals surface area contributed by atoms with Gasteiger partial charge in [0.25, 0.3) is 0 Å². The van der Waals surface area contributed by atoms with Crippen LogP contribution in [0.3, 0.4) is 0 Å². The van der Waals surface area contributed by atoms with Gasteiger partial charge in [0, 0.05) is 12.8 Å². The zero-order valence-corrected chi connectivity index (χ0v) is 35.6. The van der Waals surface area contributed by atoms with E-state index in [2.05, 4.69) is 123 Å². The molecule has 0 aromatic heterocycles. The molecule has 0 spiro atoms. The van der Waals surface area contributed by atoms with Gasteiger partial charge in [-0.25, -0.2) is 4.57 Å². The summed E-state index contributed by atoms with van der Waals surface area (Å²) in [7, 11) is -4.32. The SMILES string of the molecule is CC/C=C\C/C=C\C/C=C\C/C=C\C/C=C\C/C=C\CCC(=O)OC(COC(=O)CCCCCC/C=C\C/C=C\C/C=C\C/C=C\CC)COP(=O)(O)OCC. The second-order valence-corrected chi connectivity index (χ2v) is 14.3. The Balaban J connectivity index is 4.32. The maximum absolute atomic E-state index is 12.5. The predicted octanol–water partition coefficient (Wildman–Crippen LogP) is 13.2. The third-order valence-corrected chi connectivity index (χ3v) is 8.84. The molecule has 314 valence electrons. The van der Waals surface area contributed by atoms with Crippen LogP contribution in [0.1, 0.15) is 136 Å². The lowest BCUT2D eigenvalue weighted by molar-refractivity contribution is -0.161. The van der Waals surface area contributed by atoms with Gasteiger partial charge < -0.3 is 14.4 Å². The number of phosphoric acid groups is 1. The molecule has 0 rings (SSSR count). The molecule has 56 heavy (non-hydrogen) atoms. The standard InChI is InChI=1S/C47H73O8P/c1-4-7-9-11-13-15-17-19-21-23-24-26-28-30-32-34-36-38-40-42-47(49)55-45(44-54-56(50,51)53-6-3)43-52-46(48)41-39-37-35-33-31-29-27-25-22-20-18-16-14-12-10-8-5-2/h7-10,13-16,19-22,24,26-27,29-30,32,36,38,45H,4-6,11-12,17-18,23,25,28,31,33-35,37,39-44H2,1-3H3,(H,50,51)/b9-7-,10-8-,15-13-,16-14-,21-19-,22-20-,26-24-,29-27-,32-30-,38-36-. The van der Waals surface area contributed by atoms with Gasteiger partial charge in [0.05, 0.1) is 13.2 Å². The molecule has 2 atom stereocenters. The summed E-state index contributed by atoms with van der Waals surface area (Å²) in [6, 6.07) is 0. The number of rotatable bonds is 36. The quantitative estimate of drug-likeness (QED) is 0.0289. The molecule has 0 aliphatic rings. The van der Waals surface area contributed by atoms with Crippen LogP contribution in [0.2, 0.25) is 0 Å².